The summed E-state index contributed by atoms with van der Waals surface area (Å²) >= 11 is 0. The van der Waals surface area contributed by atoms with E-state index in [2.05, 4.69) is 162 Å². The van der Waals surface area contributed by atoms with E-state index in [0.717, 1.165) is 83.7 Å². The molecule has 1 atom stereocenters. The zero-order valence-electron chi connectivity index (χ0n) is 34.9. The molecule has 0 saturated heterocycles. The Hall–Kier alpha value is -8.61. The van der Waals surface area contributed by atoms with Gasteiger partial charge in [0.1, 0.15) is 16.7 Å². The van der Waals surface area contributed by atoms with E-state index in [4.69, 9.17) is 23.8 Å². The van der Waals surface area contributed by atoms with Gasteiger partial charge in [-0.25, -0.2) is 15.0 Å². The SMILES string of the molecule is C1=CC(c2ccccc2)CC=C1c1nc(-c2cccc3oc4ccccc4c23)nc(-c2ccc(-n3c4cc5ccccc5cc4c4ccc5ccccc5c43)c3oc4ccccc4c23)n1. The van der Waals surface area contributed by atoms with Gasteiger partial charge in [0.15, 0.2) is 23.1 Å². The van der Waals surface area contributed by atoms with Crippen LogP contribution in [0.4, 0.5) is 0 Å². The van der Waals surface area contributed by atoms with Crippen LogP contribution in [0.5, 0.6) is 0 Å². The minimum absolute atomic E-state index is 0.271. The molecule has 0 spiro atoms. The lowest BCUT2D eigenvalue weighted by Crippen LogP contribution is -2.05. The van der Waals surface area contributed by atoms with Gasteiger partial charge in [-0.1, -0.05) is 158 Å². The van der Waals surface area contributed by atoms with Crippen molar-refractivity contribution in [2.75, 3.05) is 0 Å². The molecule has 0 amide bonds. The van der Waals surface area contributed by atoms with E-state index in [1.54, 1.807) is 0 Å². The number of aromatic nitrogens is 4. The van der Waals surface area contributed by atoms with Crippen molar-refractivity contribution >= 4 is 92.8 Å². The Morgan fingerprint density at radius 2 is 1.11 bits per heavy atom. The van der Waals surface area contributed by atoms with Gasteiger partial charge in [0.2, 0.25) is 0 Å². The molecule has 6 heteroatoms. The first-order valence-electron chi connectivity index (χ1n) is 22.1. The van der Waals surface area contributed by atoms with Crippen molar-refractivity contribution in [1.82, 2.24) is 19.5 Å². The lowest BCUT2D eigenvalue weighted by Gasteiger charge is -2.17. The summed E-state index contributed by atoms with van der Waals surface area (Å²) in [6.45, 7) is 0. The molecule has 0 aliphatic heterocycles. The fraction of sp³-hybridized carbons (Fsp3) is 0.0339. The Morgan fingerprint density at radius 1 is 0.462 bits per heavy atom. The van der Waals surface area contributed by atoms with Gasteiger partial charge >= 0.3 is 0 Å². The Balaban J connectivity index is 1.05. The summed E-state index contributed by atoms with van der Waals surface area (Å²) in [5, 5.41) is 11.0. The van der Waals surface area contributed by atoms with E-state index in [0.29, 0.717) is 17.5 Å². The Kier molecular flexibility index (Phi) is 7.71. The summed E-state index contributed by atoms with van der Waals surface area (Å²) in [6.07, 6.45) is 7.53. The number of fused-ring (bicyclic) bond motifs is 12. The molecule has 0 radical (unpaired) electrons. The molecule has 0 N–H and O–H groups in total. The Labute approximate surface area is 372 Å². The monoisotopic (exact) mass is 832 g/mol. The molecule has 65 heavy (non-hydrogen) atoms. The van der Waals surface area contributed by atoms with Gasteiger partial charge in [-0.2, -0.15) is 0 Å². The van der Waals surface area contributed by atoms with Crippen molar-refractivity contribution in [3.05, 3.63) is 212 Å². The molecule has 4 heterocycles. The molecule has 13 aromatic rings. The standard InChI is InChI=1S/C59H36N4O2/c1-2-13-35(14-3-1)36-25-27-38(28-26-36)57-60-58(45-21-12-24-52-53(45)43-19-8-10-22-50(43)64-52)62-59(61-57)46-31-32-48(56-54(46)44-20-9-11-23-51(44)65-56)63-49-34-40-17-5-4-16-39(40)33-47(49)42-30-29-37-15-6-7-18-41(37)55(42)63/h1-25,27-34,36H,26H2. The normalized spacial score (nSPS) is 14.3. The largest absolute Gasteiger partial charge is 0.456 e. The number of hydrogen-bond acceptors (Lipinski definition) is 5. The van der Waals surface area contributed by atoms with E-state index in [9.17, 15) is 0 Å². The zero-order chi connectivity index (χ0) is 42.6. The maximum absolute atomic E-state index is 7.05. The van der Waals surface area contributed by atoms with Gasteiger partial charge in [0, 0.05) is 60.3 Å². The average Bonchev–Trinajstić information content (AvgIpc) is 4.06. The molecule has 0 fully saturated rings. The van der Waals surface area contributed by atoms with Crippen LogP contribution in [0.15, 0.2) is 209 Å². The maximum Gasteiger partial charge on any atom is 0.164 e. The summed E-state index contributed by atoms with van der Waals surface area (Å²) in [5.74, 6) is 2.03. The van der Waals surface area contributed by atoms with E-state index >= 15 is 0 Å². The lowest BCUT2D eigenvalue weighted by molar-refractivity contribution is 0.666. The Morgan fingerprint density at radius 3 is 1.89 bits per heavy atom. The molecule has 6 nitrogen and oxygen atoms in total. The highest BCUT2D eigenvalue weighted by Gasteiger charge is 2.25. The molecule has 1 aliphatic carbocycles. The predicted octanol–water partition coefficient (Wildman–Crippen LogP) is 15.5. The number of benzene rings is 9. The van der Waals surface area contributed by atoms with Crippen molar-refractivity contribution in [2.45, 2.75) is 12.3 Å². The van der Waals surface area contributed by atoms with Gasteiger partial charge in [-0.3, -0.25) is 0 Å². The third-order valence-corrected chi connectivity index (χ3v) is 13.4. The van der Waals surface area contributed by atoms with Gasteiger partial charge in [-0.15, -0.1) is 0 Å². The highest BCUT2D eigenvalue weighted by Crippen LogP contribution is 2.45. The van der Waals surface area contributed by atoms with Crippen molar-refractivity contribution in [1.29, 1.82) is 0 Å². The van der Waals surface area contributed by atoms with Gasteiger partial charge < -0.3 is 13.4 Å². The molecule has 0 saturated carbocycles. The van der Waals surface area contributed by atoms with Crippen LogP contribution >= 0.6 is 0 Å². The Bertz CT molecular complexity index is 4170. The van der Waals surface area contributed by atoms with Crippen molar-refractivity contribution in [3.8, 4) is 28.5 Å². The summed E-state index contributed by atoms with van der Waals surface area (Å²) < 4.78 is 15.8. The first-order valence-corrected chi connectivity index (χ1v) is 22.1. The van der Waals surface area contributed by atoms with Crippen LogP contribution in [0.2, 0.25) is 0 Å². The second-order valence-corrected chi connectivity index (χ2v) is 17.0. The number of hydrogen-bond donors (Lipinski definition) is 0. The summed E-state index contributed by atoms with van der Waals surface area (Å²) in [7, 11) is 0. The molecule has 1 unspecified atom stereocenters. The van der Waals surface area contributed by atoms with Crippen LogP contribution in [0.3, 0.4) is 0 Å². The molecule has 304 valence electrons. The smallest absolute Gasteiger partial charge is 0.164 e. The molecule has 1 aliphatic rings. The van der Waals surface area contributed by atoms with Crippen molar-refractivity contribution < 1.29 is 8.83 Å². The fourth-order valence-corrected chi connectivity index (χ4v) is 10.3. The van der Waals surface area contributed by atoms with Gasteiger partial charge in [0.05, 0.1) is 16.7 Å². The van der Waals surface area contributed by atoms with Gasteiger partial charge in [-0.05, 0) is 70.6 Å². The minimum atomic E-state index is 0.271. The maximum atomic E-state index is 7.05. The van der Waals surface area contributed by atoms with Gasteiger partial charge in [0.25, 0.3) is 0 Å². The van der Waals surface area contributed by atoms with Crippen molar-refractivity contribution in [3.63, 3.8) is 0 Å². The molecule has 9 aromatic carbocycles. The van der Waals surface area contributed by atoms with Crippen LogP contribution in [0.25, 0.3) is 121 Å². The fourth-order valence-electron chi connectivity index (χ4n) is 10.3. The first kappa shape index (κ1) is 35.9. The minimum Gasteiger partial charge on any atom is -0.456 e. The molecular weight excluding hydrogens is 797 g/mol. The molecule has 0 bridgehead atoms. The third kappa shape index (κ3) is 5.50. The second kappa shape index (κ2) is 13.9. The van der Waals surface area contributed by atoms with Crippen LogP contribution < -0.4 is 0 Å². The van der Waals surface area contributed by atoms with Crippen LogP contribution in [0.1, 0.15) is 23.7 Å². The zero-order valence-corrected chi connectivity index (χ0v) is 34.9. The number of rotatable bonds is 5. The number of allylic oxidation sites excluding steroid dienone is 4. The van der Waals surface area contributed by atoms with Crippen molar-refractivity contribution in [2.24, 2.45) is 0 Å². The molecular formula is C59H36N4O2. The topological polar surface area (TPSA) is 69.9 Å². The second-order valence-electron chi connectivity index (χ2n) is 17.0. The highest BCUT2D eigenvalue weighted by molar-refractivity contribution is 6.22. The van der Waals surface area contributed by atoms with Crippen LogP contribution in [0, 0.1) is 0 Å². The van der Waals surface area contributed by atoms with E-state index in [-0.39, 0.29) is 5.92 Å². The lowest BCUT2D eigenvalue weighted by atomic mass is 9.90. The van der Waals surface area contributed by atoms with E-state index < -0.39 is 0 Å². The highest BCUT2D eigenvalue weighted by atomic mass is 16.3. The van der Waals surface area contributed by atoms with E-state index in [1.807, 2.05) is 42.5 Å². The molecule has 14 rings (SSSR count). The van der Waals surface area contributed by atoms with Crippen LogP contribution in [-0.2, 0) is 0 Å². The number of furan rings is 2. The number of nitrogens with zero attached hydrogens (tertiary/aromatic N) is 4. The predicted molar refractivity (Wildman–Crippen MR) is 266 cm³/mol. The quantitative estimate of drug-likeness (QED) is 0.173. The average molecular weight is 833 g/mol. The molecule has 4 aromatic heterocycles. The third-order valence-electron chi connectivity index (χ3n) is 13.4. The summed E-state index contributed by atoms with van der Waals surface area (Å²) in [6, 6.07) is 64.0. The van der Waals surface area contributed by atoms with E-state index in [1.165, 1.54) is 37.9 Å². The summed E-state index contributed by atoms with van der Waals surface area (Å²) in [4.78, 5) is 16.1. The summed E-state index contributed by atoms with van der Waals surface area (Å²) in [5.41, 5.74) is 10.3. The first-order chi connectivity index (χ1) is 32.2. The van der Waals surface area contributed by atoms with Crippen LogP contribution in [-0.4, -0.2) is 19.5 Å². The number of para-hydroxylation sites is 2.